The van der Waals surface area contributed by atoms with Gasteiger partial charge in [0.1, 0.15) is 6.10 Å². The van der Waals surface area contributed by atoms with Crippen LogP contribution in [0.5, 0.6) is 0 Å². The van der Waals surface area contributed by atoms with Crippen molar-refractivity contribution in [1.29, 1.82) is 0 Å². The summed E-state index contributed by atoms with van der Waals surface area (Å²) >= 11 is 12.4. The standard InChI is InChI=1S/C14H17BrClN3OS2/c1-2-17-14(18-6-10-5-9(15)8-21-10)19-7-11(20)12-3-4-13(16)22-12/h3-5,8,11,20H,2,6-7H2,1H3,(H2,17,18,19). The number of guanidine groups is 1. The van der Waals surface area contributed by atoms with Crippen LogP contribution in [0.15, 0.2) is 33.0 Å². The van der Waals surface area contributed by atoms with Gasteiger partial charge in [0.25, 0.3) is 0 Å². The molecule has 0 aromatic carbocycles. The van der Waals surface area contributed by atoms with E-state index in [2.05, 4.69) is 37.6 Å². The first kappa shape index (κ1) is 17.7. The van der Waals surface area contributed by atoms with Gasteiger partial charge < -0.3 is 15.7 Å². The highest BCUT2D eigenvalue weighted by molar-refractivity contribution is 9.10. The number of rotatable bonds is 6. The molecule has 0 saturated heterocycles. The summed E-state index contributed by atoms with van der Waals surface area (Å²) in [5.41, 5.74) is 0. The van der Waals surface area contributed by atoms with Crippen LogP contribution in [0.1, 0.15) is 22.8 Å². The number of halogens is 2. The molecule has 2 aromatic rings. The van der Waals surface area contributed by atoms with Gasteiger partial charge in [0.2, 0.25) is 0 Å². The third-order valence-corrected chi connectivity index (χ3v) is 5.76. The van der Waals surface area contributed by atoms with Crippen LogP contribution in [0.25, 0.3) is 0 Å². The molecule has 1 unspecified atom stereocenters. The Morgan fingerprint density at radius 1 is 1.45 bits per heavy atom. The minimum Gasteiger partial charge on any atom is -0.386 e. The van der Waals surface area contributed by atoms with Gasteiger partial charge in [-0.1, -0.05) is 11.6 Å². The Kier molecular flexibility index (Phi) is 7.17. The first-order chi connectivity index (χ1) is 10.6. The topological polar surface area (TPSA) is 56.7 Å². The highest BCUT2D eigenvalue weighted by atomic mass is 79.9. The van der Waals surface area contributed by atoms with Crippen molar-refractivity contribution < 1.29 is 5.11 Å². The number of aliphatic imine (C=N–C) groups is 1. The largest absolute Gasteiger partial charge is 0.386 e. The normalized spacial score (nSPS) is 13.2. The van der Waals surface area contributed by atoms with E-state index in [1.807, 2.05) is 18.4 Å². The quantitative estimate of drug-likeness (QED) is 0.487. The van der Waals surface area contributed by atoms with Crippen LogP contribution < -0.4 is 10.6 Å². The third-order valence-electron chi connectivity index (χ3n) is 2.74. The summed E-state index contributed by atoms with van der Waals surface area (Å²) in [6.07, 6.45) is -0.600. The summed E-state index contributed by atoms with van der Waals surface area (Å²) in [6.45, 7) is 3.76. The molecule has 0 spiro atoms. The van der Waals surface area contributed by atoms with Gasteiger partial charge in [-0.3, -0.25) is 0 Å². The molecule has 0 aliphatic carbocycles. The maximum Gasteiger partial charge on any atom is 0.191 e. The fourth-order valence-electron chi connectivity index (χ4n) is 1.74. The van der Waals surface area contributed by atoms with Crippen molar-refractivity contribution in [2.45, 2.75) is 19.6 Å². The third kappa shape index (κ3) is 5.55. The van der Waals surface area contributed by atoms with Crippen LogP contribution in [-0.2, 0) is 6.54 Å². The zero-order chi connectivity index (χ0) is 15.9. The molecule has 22 heavy (non-hydrogen) atoms. The summed E-state index contributed by atoms with van der Waals surface area (Å²) in [7, 11) is 0. The van der Waals surface area contributed by atoms with E-state index in [9.17, 15) is 5.11 Å². The van der Waals surface area contributed by atoms with Gasteiger partial charge in [-0.05, 0) is 41.1 Å². The molecule has 3 N–H and O–H groups in total. The first-order valence-corrected chi connectivity index (χ1v) is 9.63. The molecule has 0 fully saturated rings. The minimum atomic E-state index is -0.600. The summed E-state index contributed by atoms with van der Waals surface area (Å²) in [5, 5.41) is 18.5. The molecular formula is C14H17BrClN3OS2. The van der Waals surface area contributed by atoms with Crippen molar-refractivity contribution in [3.8, 4) is 0 Å². The Morgan fingerprint density at radius 3 is 2.86 bits per heavy atom. The number of thiophene rings is 2. The maximum absolute atomic E-state index is 10.1. The van der Waals surface area contributed by atoms with Gasteiger partial charge in [-0.25, -0.2) is 4.99 Å². The zero-order valence-corrected chi connectivity index (χ0v) is 15.9. The van der Waals surface area contributed by atoms with Crippen LogP contribution in [-0.4, -0.2) is 24.2 Å². The number of aliphatic hydroxyl groups excluding tert-OH is 1. The molecule has 0 aliphatic heterocycles. The lowest BCUT2D eigenvalue weighted by Gasteiger charge is -2.14. The van der Waals surface area contributed by atoms with Gasteiger partial charge in [-0.15, -0.1) is 22.7 Å². The Balaban J connectivity index is 1.90. The molecular weight excluding hydrogens is 406 g/mol. The fourth-order valence-corrected chi connectivity index (χ4v) is 4.16. The predicted molar refractivity (Wildman–Crippen MR) is 99.1 cm³/mol. The van der Waals surface area contributed by atoms with E-state index < -0.39 is 6.10 Å². The number of nitrogens with one attached hydrogen (secondary N) is 2. The Labute approximate surface area is 151 Å². The summed E-state index contributed by atoms with van der Waals surface area (Å²) < 4.78 is 1.75. The minimum absolute atomic E-state index is 0.386. The van der Waals surface area contributed by atoms with Gasteiger partial charge in [0.05, 0.1) is 10.9 Å². The summed E-state index contributed by atoms with van der Waals surface area (Å²) in [6, 6.07) is 5.69. The number of hydrogen-bond acceptors (Lipinski definition) is 4. The average molecular weight is 423 g/mol. The highest BCUT2D eigenvalue weighted by Crippen LogP contribution is 2.26. The highest BCUT2D eigenvalue weighted by Gasteiger charge is 2.11. The second-order valence-electron chi connectivity index (χ2n) is 4.46. The van der Waals surface area contributed by atoms with Crippen LogP contribution >= 0.6 is 50.2 Å². The van der Waals surface area contributed by atoms with Crippen molar-refractivity contribution in [2.75, 3.05) is 13.1 Å². The van der Waals surface area contributed by atoms with Crippen LogP contribution in [0.2, 0.25) is 4.34 Å². The predicted octanol–water partition coefficient (Wildman–Crippen LogP) is 4.01. The molecule has 0 bridgehead atoms. The van der Waals surface area contributed by atoms with E-state index in [4.69, 9.17) is 11.6 Å². The molecule has 2 rings (SSSR count). The second-order valence-corrected chi connectivity index (χ2v) is 8.12. The van der Waals surface area contributed by atoms with Gasteiger partial charge in [0.15, 0.2) is 5.96 Å². The number of aliphatic hydroxyl groups is 1. The summed E-state index contributed by atoms with van der Waals surface area (Å²) in [4.78, 5) is 6.54. The van der Waals surface area contributed by atoms with Gasteiger partial charge in [-0.2, -0.15) is 0 Å². The van der Waals surface area contributed by atoms with Crippen LogP contribution in [0, 0.1) is 0 Å². The molecule has 0 radical (unpaired) electrons. The van der Waals surface area contributed by atoms with Gasteiger partial charge in [0, 0.05) is 32.7 Å². The van der Waals surface area contributed by atoms with Crippen molar-refractivity contribution in [1.82, 2.24) is 10.6 Å². The lowest BCUT2D eigenvalue weighted by molar-refractivity contribution is 0.184. The van der Waals surface area contributed by atoms with Crippen LogP contribution in [0.4, 0.5) is 0 Å². The van der Waals surface area contributed by atoms with E-state index in [1.54, 1.807) is 17.4 Å². The van der Waals surface area contributed by atoms with Crippen molar-refractivity contribution in [3.05, 3.63) is 42.1 Å². The maximum atomic E-state index is 10.1. The SMILES string of the molecule is CCNC(=NCc1cc(Br)cs1)NCC(O)c1ccc(Cl)s1. The van der Waals surface area contributed by atoms with Crippen molar-refractivity contribution >= 4 is 56.2 Å². The Hall–Kier alpha value is -0.600. The fraction of sp³-hybridized carbons (Fsp3) is 0.357. The second kappa shape index (κ2) is 8.88. The summed E-state index contributed by atoms with van der Waals surface area (Å²) in [5.74, 6) is 0.689. The molecule has 8 heteroatoms. The average Bonchev–Trinajstić information content (AvgIpc) is 3.10. The molecule has 0 saturated carbocycles. The lowest BCUT2D eigenvalue weighted by Crippen LogP contribution is -2.39. The van der Waals surface area contributed by atoms with E-state index >= 15 is 0 Å². The molecule has 2 heterocycles. The monoisotopic (exact) mass is 421 g/mol. The van der Waals surface area contributed by atoms with E-state index in [0.717, 1.165) is 15.9 Å². The van der Waals surface area contributed by atoms with Crippen molar-refractivity contribution in [2.24, 2.45) is 4.99 Å². The lowest BCUT2D eigenvalue weighted by atomic mass is 10.3. The molecule has 120 valence electrons. The van der Waals surface area contributed by atoms with E-state index in [0.29, 0.717) is 23.4 Å². The molecule has 4 nitrogen and oxygen atoms in total. The molecule has 1 atom stereocenters. The smallest absolute Gasteiger partial charge is 0.191 e. The number of hydrogen-bond donors (Lipinski definition) is 3. The van der Waals surface area contributed by atoms with Crippen LogP contribution in [0.3, 0.4) is 0 Å². The Bertz CT molecular complexity index is 629. The van der Waals surface area contributed by atoms with E-state index in [1.165, 1.54) is 16.2 Å². The van der Waals surface area contributed by atoms with E-state index in [-0.39, 0.29) is 0 Å². The molecule has 0 amide bonds. The number of nitrogens with zero attached hydrogens (tertiary/aromatic N) is 1. The molecule has 0 aliphatic rings. The Morgan fingerprint density at radius 2 is 2.27 bits per heavy atom. The van der Waals surface area contributed by atoms with Gasteiger partial charge >= 0.3 is 0 Å². The van der Waals surface area contributed by atoms with Crippen molar-refractivity contribution in [3.63, 3.8) is 0 Å². The zero-order valence-electron chi connectivity index (χ0n) is 12.0. The molecule has 2 aromatic heterocycles. The first-order valence-electron chi connectivity index (χ1n) is 6.77.